The van der Waals surface area contributed by atoms with Crippen LogP contribution in [0.3, 0.4) is 0 Å². The lowest BCUT2D eigenvalue weighted by Crippen LogP contribution is -2.36. The van der Waals surface area contributed by atoms with E-state index in [1.807, 2.05) is 42.7 Å². The van der Waals surface area contributed by atoms with Crippen LogP contribution in [0, 0.1) is 30.1 Å². The number of nitrogens with zero attached hydrogens (tertiary/aromatic N) is 5. The quantitative estimate of drug-likeness (QED) is 0.567. The molecule has 1 fully saturated rings. The molecule has 1 aliphatic rings. The zero-order valence-electron chi connectivity index (χ0n) is 19.6. The van der Waals surface area contributed by atoms with Crippen LogP contribution in [0.25, 0.3) is 11.2 Å². The number of imidazole rings is 1. The third-order valence-electron chi connectivity index (χ3n) is 6.52. The van der Waals surface area contributed by atoms with Crippen molar-refractivity contribution < 1.29 is 0 Å². The molecule has 6 nitrogen and oxygen atoms in total. The van der Waals surface area contributed by atoms with Gasteiger partial charge in [-0.2, -0.15) is 5.26 Å². The van der Waals surface area contributed by atoms with Crippen molar-refractivity contribution in [3.8, 4) is 6.07 Å². The van der Waals surface area contributed by atoms with Gasteiger partial charge in [-0.1, -0.05) is 32.0 Å². The molecule has 0 spiro atoms. The van der Waals surface area contributed by atoms with E-state index < -0.39 is 0 Å². The Morgan fingerprint density at radius 1 is 1.25 bits per heavy atom. The predicted octanol–water partition coefficient (Wildman–Crippen LogP) is 4.71. The van der Waals surface area contributed by atoms with E-state index in [0.29, 0.717) is 30.5 Å². The van der Waals surface area contributed by atoms with Gasteiger partial charge in [0.25, 0.3) is 0 Å². The fraction of sp³-hybridized carbons (Fsp3) is 0.500. The van der Waals surface area contributed by atoms with E-state index in [4.69, 9.17) is 4.98 Å². The highest BCUT2D eigenvalue weighted by molar-refractivity contribution is 5.87. The maximum Gasteiger partial charge on any atom is 0.330 e. The lowest BCUT2D eigenvalue weighted by molar-refractivity contribution is 0.347. The van der Waals surface area contributed by atoms with Gasteiger partial charge in [-0.15, -0.1) is 0 Å². The number of hydrogen-bond acceptors (Lipinski definition) is 4. The van der Waals surface area contributed by atoms with E-state index in [-0.39, 0.29) is 5.69 Å². The van der Waals surface area contributed by atoms with Crippen LogP contribution >= 0.6 is 0 Å². The van der Waals surface area contributed by atoms with Gasteiger partial charge < -0.3 is 4.90 Å². The highest BCUT2D eigenvalue weighted by Crippen LogP contribution is 2.32. The van der Waals surface area contributed by atoms with Gasteiger partial charge >= 0.3 is 5.69 Å². The van der Waals surface area contributed by atoms with Crippen molar-refractivity contribution in [2.45, 2.75) is 60.0 Å². The summed E-state index contributed by atoms with van der Waals surface area (Å²) in [4.78, 5) is 20.7. The largest absolute Gasteiger partial charge is 0.369 e. The topological polar surface area (TPSA) is 66.8 Å². The Morgan fingerprint density at radius 3 is 2.75 bits per heavy atom. The molecule has 0 aliphatic carbocycles. The second kappa shape index (κ2) is 9.20. The molecule has 1 atom stereocenters. The third kappa shape index (κ3) is 4.17. The molecule has 6 heteroatoms. The van der Waals surface area contributed by atoms with E-state index in [0.717, 1.165) is 47.6 Å². The zero-order chi connectivity index (χ0) is 22.8. The number of pyridine rings is 1. The Kier molecular flexibility index (Phi) is 6.36. The van der Waals surface area contributed by atoms with E-state index in [2.05, 4.69) is 30.9 Å². The van der Waals surface area contributed by atoms with E-state index in [1.54, 1.807) is 4.57 Å². The number of nitriles is 1. The highest BCUT2D eigenvalue weighted by Gasteiger charge is 2.26. The first-order valence-corrected chi connectivity index (χ1v) is 11.8. The first kappa shape index (κ1) is 22.1. The Balaban J connectivity index is 1.87. The number of rotatable bonds is 6. The van der Waals surface area contributed by atoms with Crippen molar-refractivity contribution in [2.75, 3.05) is 18.0 Å². The summed E-state index contributed by atoms with van der Waals surface area (Å²) in [5.41, 5.74) is 5.05. The molecule has 168 valence electrons. The van der Waals surface area contributed by atoms with Gasteiger partial charge in [0, 0.05) is 25.3 Å². The summed E-state index contributed by atoms with van der Waals surface area (Å²) in [6.45, 7) is 11.5. The standard InChI is InChI=1S/C26H33N5O/c1-5-30-25-24(31(26(30)32)17-22-11-7-6-10-21(22)15-27)23(14-19(4)28-25)29-12-8-9-20(16-29)13-18(2)3/h6-7,10-11,14,18,20H,5,8-9,12-13,16-17H2,1-4H3. The number of fused-ring (bicyclic) bond motifs is 1. The van der Waals surface area contributed by atoms with Crippen molar-refractivity contribution in [3.05, 3.63) is 57.6 Å². The average Bonchev–Trinajstić information content (AvgIpc) is 3.03. The molecule has 0 saturated carbocycles. The second-order valence-electron chi connectivity index (χ2n) is 9.42. The minimum Gasteiger partial charge on any atom is -0.369 e. The van der Waals surface area contributed by atoms with Crippen LogP contribution in [0.2, 0.25) is 0 Å². The summed E-state index contributed by atoms with van der Waals surface area (Å²) in [6, 6.07) is 11.9. The monoisotopic (exact) mass is 431 g/mol. The molecule has 1 aliphatic heterocycles. The summed E-state index contributed by atoms with van der Waals surface area (Å²) in [7, 11) is 0. The second-order valence-corrected chi connectivity index (χ2v) is 9.42. The molecule has 0 bridgehead atoms. The van der Waals surface area contributed by atoms with E-state index in [1.165, 1.54) is 12.8 Å². The summed E-state index contributed by atoms with van der Waals surface area (Å²) < 4.78 is 3.58. The van der Waals surface area contributed by atoms with Crippen molar-refractivity contribution >= 4 is 16.9 Å². The molecular weight excluding hydrogens is 398 g/mol. The minimum absolute atomic E-state index is 0.0645. The molecule has 2 aromatic heterocycles. The summed E-state index contributed by atoms with van der Waals surface area (Å²) in [6.07, 6.45) is 3.65. The van der Waals surface area contributed by atoms with Gasteiger partial charge in [0.15, 0.2) is 5.65 Å². The minimum atomic E-state index is -0.0645. The van der Waals surface area contributed by atoms with Crippen LogP contribution in [0.5, 0.6) is 0 Å². The normalized spacial score (nSPS) is 16.6. The first-order valence-electron chi connectivity index (χ1n) is 11.8. The maximum absolute atomic E-state index is 13.5. The molecule has 0 N–H and O–H groups in total. The molecule has 1 saturated heterocycles. The van der Waals surface area contributed by atoms with Crippen molar-refractivity contribution in [2.24, 2.45) is 11.8 Å². The van der Waals surface area contributed by atoms with Gasteiger partial charge in [-0.25, -0.2) is 9.78 Å². The number of benzene rings is 1. The third-order valence-corrected chi connectivity index (χ3v) is 6.52. The first-order chi connectivity index (χ1) is 15.4. The van der Waals surface area contributed by atoms with Gasteiger partial charge in [0.05, 0.1) is 23.9 Å². The van der Waals surface area contributed by atoms with E-state index in [9.17, 15) is 10.1 Å². The number of aryl methyl sites for hydroxylation is 2. The van der Waals surface area contributed by atoms with Gasteiger partial charge in [-0.3, -0.25) is 9.13 Å². The lowest BCUT2D eigenvalue weighted by atomic mass is 9.89. The molecule has 4 rings (SSSR count). The summed E-state index contributed by atoms with van der Waals surface area (Å²) >= 11 is 0. The smallest absolute Gasteiger partial charge is 0.330 e. The predicted molar refractivity (Wildman–Crippen MR) is 129 cm³/mol. The zero-order valence-corrected chi connectivity index (χ0v) is 19.6. The maximum atomic E-state index is 13.5. The van der Waals surface area contributed by atoms with E-state index >= 15 is 0 Å². The van der Waals surface area contributed by atoms with Crippen LogP contribution in [-0.4, -0.2) is 27.2 Å². The molecule has 3 heterocycles. The fourth-order valence-electron chi connectivity index (χ4n) is 5.17. The Bertz CT molecular complexity index is 1210. The molecule has 0 radical (unpaired) electrons. The molecule has 3 aromatic rings. The Hall–Kier alpha value is -3.07. The number of hydrogen-bond donors (Lipinski definition) is 0. The van der Waals surface area contributed by atoms with Gasteiger partial charge in [-0.05, 0) is 62.6 Å². The molecular formula is C26H33N5O. The van der Waals surface area contributed by atoms with Crippen molar-refractivity contribution in [1.29, 1.82) is 5.26 Å². The summed E-state index contributed by atoms with van der Waals surface area (Å²) in [5.74, 6) is 1.35. The molecule has 1 aromatic carbocycles. The van der Waals surface area contributed by atoms with Crippen LogP contribution in [0.15, 0.2) is 35.1 Å². The Morgan fingerprint density at radius 2 is 2.03 bits per heavy atom. The van der Waals surface area contributed by atoms with Crippen LogP contribution in [0.1, 0.15) is 56.9 Å². The van der Waals surface area contributed by atoms with Crippen molar-refractivity contribution in [1.82, 2.24) is 14.1 Å². The van der Waals surface area contributed by atoms with Crippen LogP contribution in [0.4, 0.5) is 5.69 Å². The average molecular weight is 432 g/mol. The molecule has 0 amide bonds. The lowest BCUT2D eigenvalue weighted by Gasteiger charge is -2.35. The molecule has 32 heavy (non-hydrogen) atoms. The Labute approximate surface area is 190 Å². The number of piperidine rings is 1. The van der Waals surface area contributed by atoms with Gasteiger partial charge in [0.2, 0.25) is 0 Å². The SMILES string of the molecule is CCn1c(=O)n(Cc2ccccc2C#N)c2c(N3CCCC(CC(C)C)C3)cc(C)nc21. The van der Waals surface area contributed by atoms with Crippen molar-refractivity contribution in [3.63, 3.8) is 0 Å². The highest BCUT2D eigenvalue weighted by atomic mass is 16.1. The fourth-order valence-corrected chi connectivity index (χ4v) is 5.17. The van der Waals surface area contributed by atoms with Crippen LogP contribution in [-0.2, 0) is 13.1 Å². The van der Waals surface area contributed by atoms with Gasteiger partial charge in [0.1, 0.15) is 5.52 Å². The van der Waals surface area contributed by atoms with Crippen LogP contribution < -0.4 is 10.6 Å². The number of aromatic nitrogens is 3. The molecule has 1 unspecified atom stereocenters. The summed E-state index contributed by atoms with van der Waals surface area (Å²) in [5, 5.41) is 9.56. The number of anilines is 1.